The summed E-state index contributed by atoms with van der Waals surface area (Å²) in [5.74, 6) is -0.746. The molecule has 0 fully saturated rings. The van der Waals surface area contributed by atoms with Gasteiger partial charge in [0.1, 0.15) is 5.82 Å². The zero-order chi connectivity index (χ0) is 9.84. The maximum Gasteiger partial charge on any atom is 0.179 e. The van der Waals surface area contributed by atoms with Crippen LogP contribution in [0.15, 0.2) is 22.7 Å². The molecule has 0 radical (unpaired) electrons. The number of likely N-dealkylation sites (N-methyl/N-ethyl adjacent to an activating group) is 1. The van der Waals surface area contributed by atoms with E-state index in [-0.39, 0.29) is 17.9 Å². The summed E-state index contributed by atoms with van der Waals surface area (Å²) in [6.07, 6.45) is 0. The third-order valence-corrected chi connectivity index (χ3v) is 2.20. The maximum absolute atomic E-state index is 13.3. The van der Waals surface area contributed by atoms with Crippen LogP contribution in [0, 0.1) is 5.82 Å². The van der Waals surface area contributed by atoms with Gasteiger partial charge in [0.2, 0.25) is 0 Å². The van der Waals surface area contributed by atoms with Gasteiger partial charge in [-0.3, -0.25) is 4.79 Å². The Bertz CT molecular complexity index is 327. The molecule has 0 heterocycles. The van der Waals surface area contributed by atoms with Crippen molar-refractivity contribution in [3.05, 3.63) is 34.1 Å². The molecule has 70 valence electrons. The van der Waals surface area contributed by atoms with Crippen LogP contribution in [0.1, 0.15) is 10.4 Å². The van der Waals surface area contributed by atoms with Gasteiger partial charge in [-0.2, -0.15) is 0 Å². The molecular weight excluding hydrogens is 237 g/mol. The first-order valence-corrected chi connectivity index (χ1v) is 4.58. The lowest BCUT2D eigenvalue weighted by Crippen LogP contribution is -2.19. The fourth-order valence-corrected chi connectivity index (χ4v) is 1.34. The molecule has 1 aromatic rings. The van der Waals surface area contributed by atoms with Crippen LogP contribution >= 0.6 is 15.9 Å². The number of carbonyl (C=O) groups excluding carboxylic acids is 1. The van der Waals surface area contributed by atoms with Crippen LogP contribution in [0.2, 0.25) is 0 Å². The first-order valence-electron chi connectivity index (χ1n) is 3.78. The van der Waals surface area contributed by atoms with Crippen molar-refractivity contribution in [1.29, 1.82) is 0 Å². The number of benzene rings is 1. The molecule has 0 bridgehead atoms. The van der Waals surface area contributed by atoms with Crippen molar-refractivity contribution in [3.8, 4) is 0 Å². The molecule has 1 rings (SSSR count). The molecule has 4 heteroatoms. The largest absolute Gasteiger partial charge is 0.313 e. The van der Waals surface area contributed by atoms with Crippen molar-refractivity contribution in [2.75, 3.05) is 13.6 Å². The second kappa shape index (κ2) is 4.48. The molecule has 1 N–H and O–H groups in total. The van der Waals surface area contributed by atoms with Crippen molar-refractivity contribution < 1.29 is 9.18 Å². The van der Waals surface area contributed by atoms with Crippen molar-refractivity contribution in [1.82, 2.24) is 5.32 Å². The smallest absolute Gasteiger partial charge is 0.179 e. The molecule has 0 unspecified atom stereocenters. The topological polar surface area (TPSA) is 29.1 Å². The molecule has 0 aliphatic heterocycles. The van der Waals surface area contributed by atoms with Crippen molar-refractivity contribution in [3.63, 3.8) is 0 Å². The van der Waals surface area contributed by atoms with Gasteiger partial charge in [-0.05, 0) is 35.1 Å². The molecule has 13 heavy (non-hydrogen) atoms. The number of rotatable bonds is 3. The lowest BCUT2D eigenvalue weighted by atomic mass is 10.1. The van der Waals surface area contributed by atoms with Gasteiger partial charge in [0.15, 0.2) is 5.78 Å². The van der Waals surface area contributed by atoms with E-state index >= 15 is 0 Å². The first-order chi connectivity index (χ1) is 6.16. The average Bonchev–Trinajstić information content (AvgIpc) is 2.10. The minimum atomic E-state index is -0.497. The Morgan fingerprint density at radius 2 is 2.31 bits per heavy atom. The van der Waals surface area contributed by atoms with Crippen LogP contribution in [0.3, 0.4) is 0 Å². The Morgan fingerprint density at radius 3 is 2.92 bits per heavy atom. The zero-order valence-electron chi connectivity index (χ0n) is 7.10. The molecule has 2 nitrogen and oxygen atoms in total. The zero-order valence-corrected chi connectivity index (χ0v) is 8.69. The number of carbonyl (C=O) groups is 1. The summed E-state index contributed by atoms with van der Waals surface area (Å²) in [7, 11) is 1.65. The van der Waals surface area contributed by atoms with E-state index in [1.54, 1.807) is 19.2 Å². The summed E-state index contributed by atoms with van der Waals surface area (Å²) in [5.41, 5.74) is 0.115. The molecule has 0 amide bonds. The summed E-state index contributed by atoms with van der Waals surface area (Å²) < 4.78 is 13.6. The maximum atomic E-state index is 13.3. The van der Waals surface area contributed by atoms with Crippen LogP contribution in [-0.2, 0) is 0 Å². The average molecular weight is 246 g/mol. The molecule has 0 atom stereocenters. The number of nitrogens with one attached hydrogen (secondary N) is 1. The van der Waals surface area contributed by atoms with Crippen LogP contribution in [0.5, 0.6) is 0 Å². The van der Waals surface area contributed by atoms with E-state index < -0.39 is 5.82 Å². The normalized spacial score (nSPS) is 10.1. The summed E-state index contributed by atoms with van der Waals surface area (Å²) in [4.78, 5) is 11.3. The van der Waals surface area contributed by atoms with Gasteiger partial charge in [-0.1, -0.05) is 6.07 Å². The van der Waals surface area contributed by atoms with Crippen molar-refractivity contribution in [2.45, 2.75) is 0 Å². The fraction of sp³-hybridized carbons (Fsp3) is 0.222. The Labute approximate surface area is 84.3 Å². The third-order valence-electron chi connectivity index (χ3n) is 1.59. The summed E-state index contributed by atoms with van der Waals surface area (Å²) in [6.45, 7) is 0.146. The minimum Gasteiger partial charge on any atom is -0.313 e. The molecular formula is C9H9BrFNO. The summed E-state index contributed by atoms with van der Waals surface area (Å²) in [5, 5.41) is 2.68. The van der Waals surface area contributed by atoms with E-state index in [1.165, 1.54) is 6.07 Å². The van der Waals surface area contributed by atoms with Gasteiger partial charge in [0.05, 0.1) is 16.6 Å². The summed E-state index contributed by atoms with van der Waals surface area (Å²) in [6, 6.07) is 4.67. The number of halogens is 2. The Balaban J connectivity index is 3.01. The lowest BCUT2D eigenvalue weighted by molar-refractivity contribution is 0.0989. The standard InChI is InChI=1S/C9H9BrFNO/c1-12-5-8(13)6-3-2-4-7(10)9(6)11/h2-4,12H,5H2,1H3. The van der Waals surface area contributed by atoms with E-state index in [1.807, 2.05) is 0 Å². The fourth-order valence-electron chi connectivity index (χ4n) is 0.975. The second-order valence-electron chi connectivity index (χ2n) is 2.55. The Kier molecular flexibility index (Phi) is 3.57. The van der Waals surface area contributed by atoms with E-state index in [0.717, 1.165) is 0 Å². The number of Topliss-reactive ketones (excluding diaryl/α,β-unsaturated/α-hetero) is 1. The molecule has 0 saturated heterocycles. The van der Waals surface area contributed by atoms with Crippen molar-refractivity contribution >= 4 is 21.7 Å². The van der Waals surface area contributed by atoms with Gasteiger partial charge in [0.25, 0.3) is 0 Å². The lowest BCUT2D eigenvalue weighted by Gasteiger charge is -2.02. The van der Waals surface area contributed by atoms with E-state index in [0.29, 0.717) is 4.47 Å². The molecule has 0 aromatic heterocycles. The van der Waals surface area contributed by atoms with Gasteiger partial charge >= 0.3 is 0 Å². The predicted octanol–water partition coefficient (Wildman–Crippen LogP) is 1.99. The minimum absolute atomic E-state index is 0.115. The first kappa shape index (κ1) is 10.3. The molecule has 0 aliphatic rings. The van der Waals surface area contributed by atoms with Crippen LogP contribution < -0.4 is 5.32 Å². The molecule has 1 aromatic carbocycles. The highest BCUT2D eigenvalue weighted by Crippen LogP contribution is 2.18. The monoisotopic (exact) mass is 245 g/mol. The molecule has 0 saturated carbocycles. The van der Waals surface area contributed by atoms with E-state index in [2.05, 4.69) is 21.2 Å². The highest BCUT2D eigenvalue weighted by molar-refractivity contribution is 9.10. The highest BCUT2D eigenvalue weighted by atomic mass is 79.9. The van der Waals surface area contributed by atoms with E-state index in [9.17, 15) is 9.18 Å². The number of hydrogen-bond donors (Lipinski definition) is 1. The van der Waals surface area contributed by atoms with Crippen LogP contribution in [0.4, 0.5) is 4.39 Å². The van der Waals surface area contributed by atoms with Crippen LogP contribution in [-0.4, -0.2) is 19.4 Å². The molecule has 0 spiro atoms. The van der Waals surface area contributed by atoms with Crippen LogP contribution in [0.25, 0.3) is 0 Å². The Hall–Kier alpha value is -0.740. The predicted molar refractivity (Wildman–Crippen MR) is 52.4 cm³/mol. The highest BCUT2D eigenvalue weighted by Gasteiger charge is 2.12. The van der Waals surface area contributed by atoms with Gasteiger partial charge in [0, 0.05) is 0 Å². The van der Waals surface area contributed by atoms with E-state index in [4.69, 9.17) is 0 Å². The SMILES string of the molecule is CNCC(=O)c1cccc(Br)c1F. The van der Waals surface area contributed by atoms with Gasteiger partial charge < -0.3 is 5.32 Å². The quantitative estimate of drug-likeness (QED) is 0.826. The Morgan fingerprint density at radius 1 is 1.62 bits per heavy atom. The third kappa shape index (κ3) is 2.35. The van der Waals surface area contributed by atoms with Gasteiger partial charge in [-0.15, -0.1) is 0 Å². The number of hydrogen-bond acceptors (Lipinski definition) is 2. The molecule has 0 aliphatic carbocycles. The second-order valence-corrected chi connectivity index (χ2v) is 3.41. The van der Waals surface area contributed by atoms with Crippen molar-refractivity contribution in [2.24, 2.45) is 0 Å². The van der Waals surface area contributed by atoms with Gasteiger partial charge in [-0.25, -0.2) is 4.39 Å². The summed E-state index contributed by atoms with van der Waals surface area (Å²) >= 11 is 3.02. The number of ketones is 1.